The Morgan fingerprint density at radius 1 is 1.30 bits per heavy atom. The molecule has 0 unspecified atom stereocenters. The second-order valence-electron chi connectivity index (χ2n) is 4.57. The molecule has 0 saturated carbocycles. The molecule has 0 aliphatic rings. The summed E-state index contributed by atoms with van der Waals surface area (Å²) in [6.07, 6.45) is 3.49. The highest BCUT2D eigenvalue weighted by molar-refractivity contribution is 5.88. The number of hydrogen-bond donors (Lipinski definition) is 2. The number of anilines is 2. The zero-order valence-corrected chi connectivity index (χ0v) is 11.6. The van der Waals surface area contributed by atoms with E-state index in [1.807, 2.05) is 12.1 Å². The van der Waals surface area contributed by atoms with Gasteiger partial charge in [0.1, 0.15) is 0 Å². The highest BCUT2D eigenvalue weighted by Crippen LogP contribution is 2.16. The Balaban J connectivity index is 2.13. The van der Waals surface area contributed by atoms with Gasteiger partial charge in [-0.2, -0.15) is 0 Å². The molecule has 0 fully saturated rings. The Morgan fingerprint density at radius 3 is 2.55 bits per heavy atom. The molecule has 5 heteroatoms. The van der Waals surface area contributed by atoms with Crippen LogP contribution < -0.4 is 5.32 Å². The van der Waals surface area contributed by atoms with Gasteiger partial charge in [-0.05, 0) is 31.0 Å². The number of aromatic nitrogens is 2. The number of carboxylic acid groups (broad SMARTS) is 1. The van der Waals surface area contributed by atoms with E-state index in [1.165, 1.54) is 11.8 Å². The molecule has 0 atom stereocenters. The first kappa shape index (κ1) is 14.0. The lowest BCUT2D eigenvalue weighted by atomic mass is 10.1. The first-order chi connectivity index (χ1) is 9.60. The van der Waals surface area contributed by atoms with Crippen molar-refractivity contribution in [1.82, 2.24) is 9.97 Å². The third kappa shape index (κ3) is 3.32. The molecule has 1 aromatic heterocycles. The number of hydrogen-bond acceptors (Lipinski definition) is 4. The van der Waals surface area contributed by atoms with Gasteiger partial charge in [0.15, 0.2) is 0 Å². The SMILES string of the molecule is CCCc1ccc(Nc2ncc(C(=O)O)c(C)n2)cc1. The highest BCUT2D eigenvalue weighted by Gasteiger charge is 2.09. The summed E-state index contributed by atoms with van der Waals surface area (Å²) in [5.41, 5.74) is 2.73. The molecule has 0 amide bonds. The Labute approximate surface area is 117 Å². The zero-order valence-electron chi connectivity index (χ0n) is 11.6. The van der Waals surface area contributed by atoms with Crippen molar-refractivity contribution in [2.24, 2.45) is 0 Å². The third-order valence-electron chi connectivity index (χ3n) is 2.96. The van der Waals surface area contributed by atoms with Crippen LogP contribution in [0.1, 0.15) is 35.0 Å². The van der Waals surface area contributed by atoms with E-state index < -0.39 is 5.97 Å². The zero-order chi connectivity index (χ0) is 14.5. The molecule has 0 spiro atoms. The first-order valence-corrected chi connectivity index (χ1v) is 6.53. The predicted molar refractivity (Wildman–Crippen MR) is 77.4 cm³/mol. The van der Waals surface area contributed by atoms with Crippen LogP contribution in [0.25, 0.3) is 0 Å². The van der Waals surface area contributed by atoms with Crippen LogP contribution in [0.5, 0.6) is 0 Å². The summed E-state index contributed by atoms with van der Waals surface area (Å²) >= 11 is 0. The normalized spacial score (nSPS) is 10.3. The van der Waals surface area contributed by atoms with Crippen LogP contribution in [-0.4, -0.2) is 21.0 Å². The van der Waals surface area contributed by atoms with Crippen molar-refractivity contribution in [1.29, 1.82) is 0 Å². The fraction of sp³-hybridized carbons (Fsp3) is 0.267. The molecule has 0 radical (unpaired) electrons. The molecule has 0 bridgehead atoms. The van der Waals surface area contributed by atoms with Crippen molar-refractivity contribution in [2.45, 2.75) is 26.7 Å². The van der Waals surface area contributed by atoms with Gasteiger partial charge >= 0.3 is 5.97 Å². The first-order valence-electron chi connectivity index (χ1n) is 6.53. The minimum atomic E-state index is -1.02. The Morgan fingerprint density at radius 2 is 2.00 bits per heavy atom. The number of rotatable bonds is 5. The van der Waals surface area contributed by atoms with Crippen LogP contribution in [0, 0.1) is 6.92 Å². The second-order valence-corrected chi connectivity index (χ2v) is 4.57. The molecule has 0 saturated heterocycles. The lowest BCUT2D eigenvalue weighted by Gasteiger charge is -2.07. The molecule has 2 rings (SSSR count). The molecule has 104 valence electrons. The number of benzene rings is 1. The molecule has 1 aromatic carbocycles. The van der Waals surface area contributed by atoms with Crippen molar-refractivity contribution in [3.63, 3.8) is 0 Å². The summed E-state index contributed by atoms with van der Waals surface area (Å²) < 4.78 is 0. The van der Waals surface area contributed by atoms with E-state index in [0.29, 0.717) is 11.6 Å². The average Bonchev–Trinajstić information content (AvgIpc) is 2.41. The number of carbonyl (C=O) groups is 1. The van der Waals surface area contributed by atoms with E-state index >= 15 is 0 Å². The largest absolute Gasteiger partial charge is 0.478 e. The summed E-state index contributed by atoms with van der Waals surface area (Å²) in [4.78, 5) is 19.0. The van der Waals surface area contributed by atoms with E-state index in [9.17, 15) is 4.79 Å². The van der Waals surface area contributed by atoms with E-state index in [2.05, 4.69) is 34.3 Å². The van der Waals surface area contributed by atoms with E-state index in [0.717, 1.165) is 18.5 Å². The Hall–Kier alpha value is -2.43. The molecule has 2 N–H and O–H groups in total. The summed E-state index contributed by atoms with van der Waals surface area (Å²) in [5.74, 6) is -0.617. The van der Waals surface area contributed by atoms with Crippen LogP contribution in [0.4, 0.5) is 11.6 Å². The Kier molecular flexibility index (Phi) is 4.30. The summed E-state index contributed by atoms with van der Waals surface area (Å²) in [6, 6.07) is 8.05. The van der Waals surface area contributed by atoms with Gasteiger partial charge in [-0.3, -0.25) is 0 Å². The van der Waals surface area contributed by atoms with Crippen LogP contribution in [0.3, 0.4) is 0 Å². The topological polar surface area (TPSA) is 75.1 Å². The average molecular weight is 271 g/mol. The van der Waals surface area contributed by atoms with Gasteiger partial charge < -0.3 is 10.4 Å². The monoisotopic (exact) mass is 271 g/mol. The van der Waals surface area contributed by atoms with Crippen LogP contribution in [-0.2, 0) is 6.42 Å². The molecule has 5 nitrogen and oxygen atoms in total. The fourth-order valence-electron chi connectivity index (χ4n) is 1.91. The van der Waals surface area contributed by atoms with Crippen molar-refractivity contribution in [3.8, 4) is 0 Å². The number of aryl methyl sites for hydroxylation is 2. The number of carboxylic acids is 1. The maximum absolute atomic E-state index is 10.9. The molecule has 0 aliphatic heterocycles. The van der Waals surface area contributed by atoms with Gasteiger partial charge in [0, 0.05) is 11.9 Å². The van der Waals surface area contributed by atoms with Crippen molar-refractivity contribution >= 4 is 17.6 Å². The quantitative estimate of drug-likeness (QED) is 0.873. The molecule has 0 aliphatic carbocycles. The van der Waals surface area contributed by atoms with Gasteiger partial charge in [-0.1, -0.05) is 25.5 Å². The molecular formula is C15H17N3O2. The summed E-state index contributed by atoms with van der Waals surface area (Å²) in [6.45, 7) is 3.80. The Bertz CT molecular complexity index is 609. The van der Waals surface area contributed by atoms with Gasteiger partial charge in [-0.25, -0.2) is 14.8 Å². The van der Waals surface area contributed by atoms with E-state index in [-0.39, 0.29) is 5.56 Å². The van der Waals surface area contributed by atoms with Crippen LogP contribution >= 0.6 is 0 Å². The van der Waals surface area contributed by atoms with Crippen molar-refractivity contribution in [3.05, 3.63) is 47.3 Å². The number of nitrogens with zero attached hydrogens (tertiary/aromatic N) is 2. The van der Waals surface area contributed by atoms with Crippen molar-refractivity contribution in [2.75, 3.05) is 5.32 Å². The van der Waals surface area contributed by atoms with Crippen LogP contribution in [0.15, 0.2) is 30.5 Å². The lowest BCUT2D eigenvalue weighted by Crippen LogP contribution is -2.06. The third-order valence-corrected chi connectivity index (χ3v) is 2.96. The summed E-state index contributed by atoms with van der Waals surface area (Å²) in [7, 11) is 0. The number of aromatic carboxylic acids is 1. The molecular weight excluding hydrogens is 254 g/mol. The van der Waals surface area contributed by atoms with Crippen LogP contribution in [0.2, 0.25) is 0 Å². The number of nitrogens with one attached hydrogen (secondary N) is 1. The van der Waals surface area contributed by atoms with Gasteiger partial charge in [0.2, 0.25) is 5.95 Å². The van der Waals surface area contributed by atoms with Gasteiger partial charge in [0.25, 0.3) is 0 Å². The maximum Gasteiger partial charge on any atom is 0.339 e. The lowest BCUT2D eigenvalue weighted by molar-refractivity contribution is 0.0695. The highest BCUT2D eigenvalue weighted by atomic mass is 16.4. The maximum atomic E-state index is 10.9. The van der Waals surface area contributed by atoms with E-state index in [1.54, 1.807) is 6.92 Å². The second kappa shape index (κ2) is 6.14. The molecule has 20 heavy (non-hydrogen) atoms. The molecule has 2 aromatic rings. The predicted octanol–water partition coefficient (Wildman–Crippen LogP) is 3.18. The standard InChI is InChI=1S/C15H17N3O2/c1-3-4-11-5-7-12(8-6-11)18-15-16-9-13(14(19)20)10(2)17-15/h5-9H,3-4H2,1-2H3,(H,19,20)(H,16,17,18). The van der Waals surface area contributed by atoms with Gasteiger partial charge in [-0.15, -0.1) is 0 Å². The summed E-state index contributed by atoms with van der Waals surface area (Å²) in [5, 5.41) is 12.0. The molecule has 1 heterocycles. The fourth-order valence-corrected chi connectivity index (χ4v) is 1.91. The smallest absolute Gasteiger partial charge is 0.339 e. The van der Waals surface area contributed by atoms with E-state index in [4.69, 9.17) is 5.11 Å². The minimum absolute atomic E-state index is 0.119. The van der Waals surface area contributed by atoms with Gasteiger partial charge in [0.05, 0.1) is 11.3 Å². The minimum Gasteiger partial charge on any atom is -0.478 e. The van der Waals surface area contributed by atoms with Crippen molar-refractivity contribution < 1.29 is 9.90 Å².